The van der Waals surface area contributed by atoms with Crippen molar-refractivity contribution in [3.63, 3.8) is 0 Å². The number of ether oxygens (including phenoxy) is 1. The molecule has 0 spiro atoms. The maximum absolute atomic E-state index is 10.1. The van der Waals surface area contributed by atoms with Gasteiger partial charge in [-0.1, -0.05) is 11.6 Å². The molecule has 4 N–H and O–H groups in total. The highest BCUT2D eigenvalue weighted by molar-refractivity contribution is 6.36. The van der Waals surface area contributed by atoms with Crippen LogP contribution in [0.5, 0.6) is 0 Å². The molecule has 8 heteroatoms. The molecule has 3 rings (SSSR count). The molecule has 7 nitrogen and oxygen atoms in total. The molecule has 0 bridgehead atoms. The summed E-state index contributed by atoms with van der Waals surface area (Å²) in [5.41, 5.74) is 6.32. The number of aliphatic hydroxyl groups is 2. The zero-order chi connectivity index (χ0) is 13.6. The number of aromatic nitrogens is 3. The molecule has 0 radical (unpaired) electrons. The Morgan fingerprint density at radius 2 is 2.32 bits per heavy atom. The molecule has 2 aromatic rings. The zero-order valence-electron chi connectivity index (χ0n) is 9.90. The summed E-state index contributed by atoms with van der Waals surface area (Å²) in [6, 6.07) is -0.360. The highest BCUT2D eigenvalue weighted by Gasteiger charge is 2.37. The first-order valence-electron chi connectivity index (χ1n) is 5.80. The number of nitrogens with two attached hydrogens (primary N) is 1. The van der Waals surface area contributed by atoms with Gasteiger partial charge in [0.1, 0.15) is 30.0 Å². The first-order chi connectivity index (χ1) is 9.13. The van der Waals surface area contributed by atoms with Crippen LogP contribution >= 0.6 is 11.6 Å². The van der Waals surface area contributed by atoms with Crippen LogP contribution in [0.25, 0.3) is 11.0 Å². The van der Waals surface area contributed by atoms with Crippen molar-refractivity contribution in [3.8, 4) is 0 Å². The lowest BCUT2D eigenvalue weighted by atomic mass is 10.1. The van der Waals surface area contributed by atoms with Crippen molar-refractivity contribution in [2.75, 3.05) is 18.9 Å². The summed E-state index contributed by atoms with van der Waals surface area (Å²) >= 11 is 6.13. The standard InChI is InChI=1S/C11H13ClN4O3/c12-5-1-16(6-3-19-7(2-17)9(6)18)11-8(5)10(13)14-4-15-11/h1,4,6-7,9,17-18H,2-3H2,(H2,13,14,15). The van der Waals surface area contributed by atoms with Crippen molar-refractivity contribution in [1.82, 2.24) is 14.5 Å². The van der Waals surface area contributed by atoms with E-state index in [2.05, 4.69) is 9.97 Å². The number of rotatable bonds is 2. The van der Waals surface area contributed by atoms with Gasteiger partial charge in [0.2, 0.25) is 0 Å². The predicted octanol–water partition coefficient (Wildman–Crippen LogP) is -0.0400. The molecule has 3 heterocycles. The number of aliphatic hydroxyl groups excluding tert-OH is 2. The molecule has 1 fully saturated rings. The smallest absolute Gasteiger partial charge is 0.147 e. The Balaban J connectivity index is 2.09. The maximum Gasteiger partial charge on any atom is 0.147 e. The van der Waals surface area contributed by atoms with Crippen molar-refractivity contribution in [2.24, 2.45) is 0 Å². The number of fused-ring (bicyclic) bond motifs is 1. The number of nitrogen functional groups attached to an aromatic ring is 1. The highest BCUT2D eigenvalue weighted by atomic mass is 35.5. The third-order valence-electron chi connectivity index (χ3n) is 3.39. The van der Waals surface area contributed by atoms with E-state index < -0.39 is 12.2 Å². The van der Waals surface area contributed by atoms with E-state index in [0.29, 0.717) is 21.9 Å². The SMILES string of the molecule is Nc1ncnc2c1c(Cl)cn2C1COC(CO)C1O. The quantitative estimate of drug-likeness (QED) is 0.714. The van der Waals surface area contributed by atoms with E-state index in [4.69, 9.17) is 27.2 Å². The average Bonchev–Trinajstić information content (AvgIpc) is 2.91. The summed E-state index contributed by atoms with van der Waals surface area (Å²) in [5.74, 6) is 0.292. The summed E-state index contributed by atoms with van der Waals surface area (Å²) < 4.78 is 7.05. The Morgan fingerprint density at radius 3 is 3.00 bits per heavy atom. The minimum Gasteiger partial charge on any atom is -0.394 e. The molecule has 3 atom stereocenters. The molecular formula is C11H13ClN4O3. The normalized spacial score (nSPS) is 27.2. The fraction of sp³-hybridized carbons (Fsp3) is 0.455. The number of halogens is 1. The van der Waals surface area contributed by atoms with E-state index >= 15 is 0 Å². The third-order valence-corrected chi connectivity index (χ3v) is 3.67. The van der Waals surface area contributed by atoms with Gasteiger partial charge in [-0.2, -0.15) is 0 Å². The van der Waals surface area contributed by atoms with Crippen LogP contribution in [0.2, 0.25) is 5.02 Å². The molecular weight excluding hydrogens is 272 g/mol. The van der Waals surface area contributed by atoms with Gasteiger partial charge in [-0.15, -0.1) is 0 Å². The first-order valence-corrected chi connectivity index (χ1v) is 6.18. The van der Waals surface area contributed by atoms with E-state index in [0.717, 1.165) is 0 Å². The van der Waals surface area contributed by atoms with Crippen molar-refractivity contribution >= 4 is 28.5 Å². The Kier molecular flexibility index (Phi) is 3.06. The summed E-state index contributed by atoms with van der Waals surface area (Å²) in [7, 11) is 0. The van der Waals surface area contributed by atoms with Crippen LogP contribution in [0.15, 0.2) is 12.5 Å². The molecule has 3 unspecified atom stereocenters. The lowest BCUT2D eigenvalue weighted by molar-refractivity contribution is 0.00208. The van der Waals surface area contributed by atoms with E-state index in [1.807, 2.05) is 0 Å². The third kappa shape index (κ3) is 1.86. The van der Waals surface area contributed by atoms with Gasteiger partial charge in [-0.05, 0) is 0 Å². The molecule has 0 amide bonds. The van der Waals surface area contributed by atoms with Crippen LogP contribution < -0.4 is 5.73 Å². The van der Waals surface area contributed by atoms with E-state index in [9.17, 15) is 5.11 Å². The summed E-state index contributed by atoms with van der Waals surface area (Å²) in [4.78, 5) is 8.04. The van der Waals surface area contributed by atoms with Crippen LogP contribution in [0.4, 0.5) is 5.82 Å². The van der Waals surface area contributed by atoms with Crippen LogP contribution in [-0.4, -0.2) is 50.2 Å². The number of hydrogen-bond acceptors (Lipinski definition) is 6. The van der Waals surface area contributed by atoms with Crippen LogP contribution in [0.3, 0.4) is 0 Å². The number of anilines is 1. The van der Waals surface area contributed by atoms with Gasteiger partial charge in [0.25, 0.3) is 0 Å². The van der Waals surface area contributed by atoms with Crippen LogP contribution in [-0.2, 0) is 4.74 Å². The number of hydrogen-bond donors (Lipinski definition) is 3. The number of nitrogens with zero attached hydrogens (tertiary/aromatic N) is 3. The highest BCUT2D eigenvalue weighted by Crippen LogP contribution is 2.34. The van der Waals surface area contributed by atoms with Crippen LogP contribution in [0, 0.1) is 0 Å². The minimum absolute atomic E-state index is 0.234. The summed E-state index contributed by atoms with van der Waals surface area (Å²) in [6.45, 7) is 0.0398. The van der Waals surface area contributed by atoms with Gasteiger partial charge < -0.3 is 25.3 Å². The fourth-order valence-electron chi connectivity index (χ4n) is 2.39. The van der Waals surface area contributed by atoms with Gasteiger partial charge in [-0.3, -0.25) is 0 Å². The van der Waals surface area contributed by atoms with E-state index in [1.54, 1.807) is 10.8 Å². The van der Waals surface area contributed by atoms with Crippen molar-refractivity contribution in [2.45, 2.75) is 18.2 Å². The predicted molar refractivity (Wildman–Crippen MR) is 68.8 cm³/mol. The largest absolute Gasteiger partial charge is 0.394 e. The Bertz CT molecular complexity index is 617. The molecule has 0 saturated carbocycles. The summed E-state index contributed by atoms with van der Waals surface area (Å²) in [5, 5.41) is 20.2. The minimum atomic E-state index is -0.826. The monoisotopic (exact) mass is 284 g/mol. The Labute approximate surface area is 113 Å². The molecule has 2 aromatic heterocycles. The van der Waals surface area contributed by atoms with Crippen molar-refractivity contribution in [3.05, 3.63) is 17.5 Å². The van der Waals surface area contributed by atoms with Crippen molar-refractivity contribution in [1.29, 1.82) is 0 Å². The fourth-order valence-corrected chi connectivity index (χ4v) is 2.67. The van der Waals surface area contributed by atoms with Crippen molar-refractivity contribution < 1.29 is 14.9 Å². The topological polar surface area (TPSA) is 106 Å². The Morgan fingerprint density at radius 1 is 1.53 bits per heavy atom. The van der Waals surface area contributed by atoms with Gasteiger partial charge in [0, 0.05) is 6.20 Å². The lowest BCUT2D eigenvalue weighted by Crippen LogP contribution is -2.30. The molecule has 19 heavy (non-hydrogen) atoms. The molecule has 102 valence electrons. The molecule has 1 aliphatic rings. The molecule has 1 aliphatic heterocycles. The molecule has 1 saturated heterocycles. The average molecular weight is 285 g/mol. The second-order valence-electron chi connectivity index (χ2n) is 4.45. The van der Waals surface area contributed by atoms with Gasteiger partial charge in [0.15, 0.2) is 0 Å². The van der Waals surface area contributed by atoms with Gasteiger partial charge in [0.05, 0.1) is 29.7 Å². The second-order valence-corrected chi connectivity index (χ2v) is 4.86. The van der Waals surface area contributed by atoms with Gasteiger partial charge >= 0.3 is 0 Å². The first kappa shape index (κ1) is 12.6. The summed E-state index contributed by atoms with van der Waals surface area (Å²) in [6.07, 6.45) is 1.57. The maximum atomic E-state index is 10.1. The van der Waals surface area contributed by atoms with Crippen LogP contribution in [0.1, 0.15) is 6.04 Å². The van der Waals surface area contributed by atoms with Gasteiger partial charge in [-0.25, -0.2) is 9.97 Å². The van der Waals surface area contributed by atoms with E-state index in [-0.39, 0.29) is 19.3 Å². The zero-order valence-corrected chi connectivity index (χ0v) is 10.7. The Hall–Kier alpha value is -1.41. The molecule has 0 aliphatic carbocycles. The second kappa shape index (κ2) is 4.61. The molecule has 0 aromatic carbocycles. The lowest BCUT2D eigenvalue weighted by Gasteiger charge is -2.17. The van der Waals surface area contributed by atoms with E-state index in [1.165, 1.54) is 6.33 Å².